The molecule has 0 bridgehead atoms. The molecule has 3 rings (SSSR count). The normalized spacial score (nSPS) is 23.1. The minimum atomic E-state index is -4.92. The number of ether oxygens (including phenoxy) is 1. The summed E-state index contributed by atoms with van der Waals surface area (Å²) in [4.78, 5) is 68.9. The van der Waals surface area contributed by atoms with E-state index >= 15 is 0 Å². The average molecular weight is 637 g/mol. The highest BCUT2D eigenvalue weighted by Gasteiger charge is 2.45. The molecule has 2 aromatic heterocycles. The van der Waals surface area contributed by atoms with E-state index in [1.807, 2.05) is 10.4 Å². The lowest BCUT2D eigenvalue weighted by Gasteiger charge is -2.24. The minimum Gasteiger partial charge on any atom is -0.481 e. The van der Waals surface area contributed by atoms with Crippen LogP contribution >= 0.6 is 20.4 Å². The summed E-state index contributed by atoms with van der Waals surface area (Å²) in [6.45, 7) is -1.52. The highest BCUT2D eigenvalue weighted by molar-refractivity contribution is 7.80. The number of carbonyl (C=O) groups is 4. The highest BCUT2D eigenvalue weighted by atomic mass is 32.1. The topological polar surface area (TPSA) is 311 Å². The number of thiol groups is 1. The number of anilines is 1. The van der Waals surface area contributed by atoms with Crippen LogP contribution in [0.5, 0.6) is 0 Å². The van der Waals surface area contributed by atoms with E-state index in [-0.39, 0.29) is 22.7 Å². The number of carboxylic acids is 2. The van der Waals surface area contributed by atoms with Crippen LogP contribution in [0.2, 0.25) is 0 Å². The van der Waals surface area contributed by atoms with Gasteiger partial charge in [-0.15, -0.1) is 0 Å². The predicted molar refractivity (Wildman–Crippen MR) is 142 cm³/mol. The first-order valence-corrected chi connectivity index (χ1v) is 14.3. The van der Waals surface area contributed by atoms with Crippen molar-refractivity contribution in [3.8, 4) is 0 Å². The molecule has 10 N–H and O–H groups in total. The fraction of sp³-hybridized carbons (Fsp3) is 0.550. The Hall–Kier alpha value is -3.43. The number of carboxylic acid groups (broad SMARTS) is 2. The number of nitrogens with two attached hydrogens (primary N) is 1. The molecule has 42 heavy (non-hydrogen) atoms. The largest absolute Gasteiger partial charge is 0.481 e. The fourth-order valence-electron chi connectivity index (χ4n) is 3.84. The van der Waals surface area contributed by atoms with Crippen molar-refractivity contribution >= 4 is 61.1 Å². The third-order valence-corrected chi connectivity index (χ3v) is 7.43. The second kappa shape index (κ2) is 14.2. The Kier molecular flexibility index (Phi) is 11.2. The Morgan fingerprint density at radius 3 is 2.48 bits per heavy atom. The van der Waals surface area contributed by atoms with Gasteiger partial charge in [0, 0.05) is 12.2 Å². The first-order valence-electron chi connectivity index (χ1n) is 12.1. The maximum Gasteiger partial charge on any atom is 0.403 e. The highest BCUT2D eigenvalue weighted by Crippen LogP contribution is 2.40. The van der Waals surface area contributed by atoms with Crippen molar-refractivity contribution in [2.45, 2.75) is 49.5 Å². The molecule has 1 unspecified atom stereocenters. The molecular formula is C20H29N8O12PS. The number of nitrogens with zero attached hydrogens (tertiary/aromatic N) is 4. The number of rotatable bonds is 15. The quantitative estimate of drug-likeness (QED) is 0.0672. The van der Waals surface area contributed by atoms with Gasteiger partial charge in [-0.05, 0) is 6.42 Å². The van der Waals surface area contributed by atoms with Gasteiger partial charge in [-0.1, -0.05) is 0 Å². The summed E-state index contributed by atoms with van der Waals surface area (Å²) in [5.74, 6) is -4.92. The van der Waals surface area contributed by atoms with Crippen LogP contribution in [0.15, 0.2) is 12.7 Å². The van der Waals surface area contributed by atoms with Crippen molar-refractivity contribution in [3.05, 3.63) is 12.7 Å². The summed E-state index contributed by atoms with van der Waals surface area (Å²) in [6.07, 6.45) is -4.54. The van der Waals surface area contributed by atoms with Gasteiger partial charge in [0.25, 0.3) is 0 Å². The van der Waals surface area contributed by atoms with Gasteiger partial charge in [0.15, 0.2) is 17.7 Å². The number of aliphatic carboxylic acids is 2. The van der Waals surface area contributed by atoms with Crippen LogP contribution in [0.1, 0.15) is 19.1 Å². The number of fused-ring (bicyclic) bond motifs is 1. The smallest absolute Gasteiger partial charge is 0.403 e. The summed E-state index contributed by atoms with van der Waals surface area (Å²) in [5, 5.41) is 45.0. The molecule has 0 aromatic carbocycles. The number of nitrogens with one attached hydrogen (secondary N) is 3. The van der Waals surface area contributed by atoms with E-state index in [1.165, 1.54) is 10.9 Å². The minimum absolute atomic E-state index is 0.0574. The first kappa shape index (κ1) is 33.1. The lowest BCUT2D eigenvalue weighted by Crippen LogP contribution is -2.53. The molecule has 22 heteroatoms. The maximum absolute atomic E-state index is 12.8. The molecule has 1 fully saturated rings. The number of aromatic nitrogens is 4. The molecule has 0 spiro atoms. The van der Waals surface area contributed by atoms with Gasteiger partial charge in [0.05, 0.1) is 19.0 Å². The molecule has 2 aromatic rings. The Balaban J connectivity index is 1.66. The third-order valence-electron chi connectivity index (χ3n) is 5.92. The number of hydrogen-bond donors (Lipinski definition) is 10. The fourth-order valence-corrected chi connectivity index (χ4v) is 5.16. The SMILES string of the molecule is Nc1ncnc2c1ncn2[C@@H]1O[C@H](COP(=O)(O)N[C@@H](CCC(=O)O)C(=O)N[C@@H](CS)C(=O)NCC(=O)O)[C@@H](O)[C@H]1O. The van der Waals surface area contributed by atoms with Gasteiger partial charge in [-0.25, -0.2) is 24.6 Å². The van der Waals surface area contributed by atoms with E-state index in [0.29, 0.717) is 0 Å². The van der Waals surface area contributed by atoms with Crippen molar-refractivity contribution < 1.29 is 58.3 Å². The number of imidazole rings is 1. The van der Waals surface area contributed by atoms with Crippen LogP contribution < -0.4 is 21.5 Å². The molecule has 1 aliphatic heterocycles. The second-order valence-electron chi connectivity index (χ2n) is 8.91. The standard InChI is InChI=1S/C20H29N8O12PS/c21-16-13-17(24-6-23-16)28(7-25-13)20-15(34)14(33)10(40-20)4-39-41(37,38)27-8(1-2-11(29)30)19(36)26-9(5-42)18(35)22-3-12(31)32/h6-10,14-15,20,33-34,42H,1-5H2,(H,22,35)(H,26,36)(H,29,30)(H,31,32)(H2,21,23,24)(H2,27,37,38)/t8-,9-,10+,14+,15+,20+/m0/s1. The zero-order valence-corrected chi connectivity index (χ0v) is 23.3. The molecule has 0 saturated carbocycles. The van der Waals surface area contributed by atoms with Crippen LogP contribution in [0.25, 0.3) is 11.2 Å². The van der Waals surface area contributed by atoms with Gasteiger partial charge < -0.3 is 46.4 Å². The van der Waals surface area contributed by atoms with E-state index in [0.717, 1.165) is 6.33 Å². The Morgan fingerprint density at radius 1 is 1.12 bits per heavy atom. The van der Waals surface area contributed by atoms with Crippen molar-refractivity contribution in [1.82, 2.24) is 35.2 Å². The maximum atomic E-state index is 12.8. The molecule has 232 valence electrons. The van der Waals surface area contributed by atoms with E-state index < -0.39 is 94.1 Å². The van der Waals surface area contributed by atoms with Crippen molar-refractivity contribution in [2.24, 2.45) is 0 Å². The zero-order valence-electron chi connectivity index (χ0n) is 21.5. The summed E-state index contributed by atoms with van der Waals surface area (Å²) in [7, 11) is -4.92. The van der Waals surface area contributed by atoms with E-state index in [1.54, 1.807) is 0 Å². The Bertz CT molecular complexity index is 1360. The molecule has 0 radical (unpaired) electrons. The lowest BCUT2D eigenvalue weighted by atomic mass is 10.1. The number of aliphatic hydroxyl groups is 2. The first-order chi connectivity index (χ1) is 19.7. The van der Waals surface area contributed by atoms with Crippen molar-refractivity contribution in [3.63, 3.8) is 0 Å². The predicted octanol–water partition coefficient (Wildman–Crippen LogP) is -3.42. The summed E-state index contributed by atoms with van der Waals surface area (Å²) >= 11 is 3.92. The summed E-state index contributed by atoms with van der Waals surface area (Å²) in [6, 6.07) is -3.05. The van der Waals surface area contributed by atoms with E-state index in [4.69, 9.17) is 25.2 Å². The van der Waals surface area contributed by atoms with E-state index in [9.17, 15) is 38.8 Å². The molecular weight excluding hydrogens is 607 g/mol. The molecule has 7 atom stereocenters. The van der Waals surface area contributed by atoms with Crippen molar-refractivity contribution in [2.75, 3.05) is 24.6 Å². The number of hydrogen-bond acceptors (Lipinski definition) is 14. The zero-order chi connectivity index (χ0) is 31.2. The molecule has 2 amide bonds. The molecule has 1 saturated heterocycles. The monoisotopic (exact) mass is 636 g/mol. The van der Waals surface area contributed by atoms with Crippen LogP contribution in [0.3, 0.4) is 0 Å². The average Bonchev–Trinajstić information content (AvgIpc) is 3.48. The number of aliphatic hydroxyl groups excluding tert-OH is 2. The van der Waals surface area contributed by atoms with Gasteiger partial charge >= 0.3 is 19.7 Å². The second-order valence-corrected chi connectivity index (χ2v) is 10.8. The number of amides is 2. The summed E-state index contributed by atoms with van der Waals surface area (Å²) in [5.41, 5.74) is 6.14. The Labute approximate surface area is 241 Å². The van der Waals surface area contributed by atoms with E-state index in [2.05, 4.69) is 32.9 Å². The summed E-state index contributed by atoms with van der Waals surface area (Å²) < 4.78 is 24.7. The van der Waals surface area contributed by atoms with Gasteiger partial charge in [0.1, 0.15) is 42.7 Å². The lowest BCUT2D eigenvalue weighted by molar-refractivity contribution is -0.138. The van der Waals surface area contributed by atoms with Crippen molar-refractivity contribution in [1.29, 1.82) is 0 Å². The van der Waals surface area contributed by atoms with Gasteiger partial charge in [-0.2, -0.15) is 12.6 Å². The number of carbonyl (C=O) groups excluding carboxylic acids is 2. The molecule has 1 aliphatic rings. The number of nitrogen functional groups attached to an aromatic ring is 1. The van der Waals surface area contributed by atoms with Crippen LogP contribution in [-0.4, -0.2) is 118 Å². The van der Waals surface area contributed by atoms with Gasteiger partial charge in [-0.3, -0.25) is 28.3 Å². The Morgan fingerprint density at radius 2 is 1.83 bits per heavy atom. The van der Waals surface area contributed by atoms with Crippen LogP contribution in [0.4, 0.5) is 5.82 Å². The third kappa shape index (κ3) is 8.32. The molecule has 0 aliphatic carbocycles. The van der Waals surface area contributed by atoms with Gasteiger partial charge in [0.2, 0.25) is 11.8 Å². The molecule has 3 heterocycles. The molecule has 20 nitrogen and oxygen atoms in total. The van der Waals surface area contributed by atoms with Crippen LogP contribution in [0, 0.1) is 0 Å². The van der Waals surface area contributed by atoms with Crippen LogP contribution in [-0.2, 0) is 33.0 Å².